The molecule has 0 fully saturated rings. The van der Waals surface area contributed by atoms with Crippen molar-refractivity contribution in [3.05, 3.63) is 36.5 Å². The number of carboxylic acid groups (broad SMARTS) is 1. The van der Waals surface area contributed by atoms with Crippen molar-refractivity contribution in [3.63, 3.8) is 0 Å². The smallest absolute Gasteiger partial charge is 0.322 e. The third-order valence-electron chi connectivity index (χ3n) is 8.77. The van der Waals surface area contributed by atoms with E-state index >= 15 is 0 Å². The highest BCUT2D eigenvalue weighted by atomic mass is 16.5. The van der Waals surface area contributed by atoms with Crippen molar-refractivity contribution in [1.82, 2.24) is 5.32 Å². The molecule has 1 unspecified atom stereocenters. The van der Waals surface area contributed by atoms with Crippen LogP contribution in [0.2, 0.25) is 0 Å². The third-order valence-corrected chi connectivity index (χ3v) is 8.77. The molecule has 48 heavy (non-hydrogen) atoms. The van der Waals surface area contributed by atoms with Crippen molar-refractivity contribution in [2.75, 3.05) is 6.54 Å². The summed E-state index contributed by atoms with van der Waals surface area (Å²) in [6, 6.07) is 0. The Morgan fingerprint density at radius 2 is 1.04 bits per heavy atom. The predicted molar refractivity (Wildman–Crippen MR) is 203 cm³/mol. The summed E-state index contributed by atoms with van der Waals surface area (Å²) in [5.41, 5.74) is 0. The Balaban J connectivity index is 3.77. The number of aliphatic carboxylic acids is 1. The van der Waals surface area contributed by atoms with Crippen LogP contribution in [0, 0.1) is 0 Å². The van der Waals surface area contributed by atoms with Crippen molar-refractivity contribution in [2.45, 2.75) is 206 Å². The van der Waals surface area contributed by atoms with Gasteiger partial charge >= 0.3 is 11.9 Å². The summed E-state index contributed by atoms with van der Waals surface area (Å²) in [6.45, 7) is 4.12. The van der Waals surface area contributed by atoms with Gasteiger partial charge in [-0.05, 0) is 70.3 Å². The number of esters is 1. The van der Waals surface area contributed by atoms with E-state index in [-0.39, 0.29) is 24.5 Å². The number of carboxylic acids is 1. The van der Waals surface area contributed by atoms with Gasteiger partial charge in [-0.15, -0.1) is 0 Å². The molecule has 0 aromatic carbocycles. The number of carbonyl (C=O) groups is 3. The molecule has 0 aromatic rings. The molecule has 0 aliphatic carbocycles. The number of allylic oxidation sites excluding steroid dienone is 5. The van der Waals surface area contributed by atoms with Gasteiger partial charge in [0.1, 0.15) is 12.6 Å². The van der Waals surface area contributed by atoms with Gasteiger partial charge in [0.15, 0.2) is 0 Å². The van der Waals surface area contributed by atoms with E-state index < -0.39 is 5.97 Å². The van der Waals surface area contributed by atoms with E-state index in [0.29, 0.717) is 12.8 Å². The summed E-state index contributed by atoms with van der Waals surface area (Å²) in [4.78, 5) is 34.7. The first-order valence-electron chi connectivity index (χ1n) is 20.1. The molecule has 2 N–H and O–H groups in total. The first kappa shape index (κ1) is 45.6. The fraction of sp³-hybridized carbons (Fsp3) is 0.786. The van der Waals surface area contributed by atoms with Crippen LogP contribution in [0.5, 0.6) is 0 Å². The second-order valence-electron chi connectivity index (χ2n) is 13.5. The Morgan fingerprint density at radius 3 is 1.60 bits per heavy atom. The van der Waals surface area contributed by atoms with Crippen molar-refractivity contribution in [1.29, 1.82) is 0 Å². The van der Waals surface area contributed by atoms with Crippen molar-refractivity contribution < 1.29 is 24.2 Å². The largest absolute Gasteiger partial charge is 0.480 e. The molecule has 0 aliphatic heterocycles. The fourth-order valence-corrected chi connectivity index (χ4v) is 5.73. The van der Waals surface area contributed by atoms with Crippen molar-refractivity contribution >= 4 is 17.8 Å². The highest BCUT2D eigenvalue weighted by Crippen LogP contribution is 2.16. The van der Waals surface area contributed by atoms with Crippen LogP contribution < -0.4 is 5.32 Å². The van der Waals surface area contributed by atoms with Crippen LogP contribution in [-0.4, -0.2) is 35.6 Å². The zero-order valence-electron chi connectivity index (χ0n) is 31.3. The van der Waals surface area contributed by atoms with Crippen LogP contribution in [0.1, 0.15) is 200 Å². The first-order valence-corrected chi connectivity index (χ1v) is 20.1. The molecule has 0 saturated carbocycles. The minimum Gasteiger partial charge on any atom is -0.480 e. The molecule has 1 amide bonds. The van der Waals surface area contributed by atoms with Gasteiger partial charge in [-0.1, -0.05) is 153 Å². The molecule has 1 atom stereocenters. The van der Waals surface area contributed by atoms with Crippen LogP contribution in [0.25, 0.3) is 0 Å². The molecule has 0 aromatic heterocycles. The number of hydrogen-bond acceptors (Lipinski definition) is 4. The summed E-state index contributed by atoms with van der Waals surface area (Å²) < 4.78 is 5.83. The van der Waals surface area contributed by atoms with E-state index in [2.05, 4.69) is 55.6 Å². The maximum Gasteiger partial charge on any atom is 0.322 e. The number of carbonyl (C=O) groups excluding carboxylic acids is 2. The van der Waals surface area contributed by atoms with Crippen molar-refractivity contribution in [2.24, 2.45) is 0 Å². The lowest BCUT2D eigenvalue weighted by molar-refractivity contribution is -0.147. The summed E-state index contributed by atoms with van der Waals surface area (Å²) in [6.07, 6.45) is 46.0. The summed E-state index contributed by atoms with van der Waals surface area (Å²) in [5.74, 6) is -1.34. The van der Waals surface area contributed by atoms with Crippen LogP contribution in [0.3, 0.4) is 0 Å². The van der Waals surface area contributed by atoms with Gasteiger partial charge in [0.2, 0.25) is 5.91 Å². The molecule has 6 nitrogen and oxygen atoms in total. The maximum absolute atomic E-state index is 12.5. The molecule has 278 valence electrons. The molecule has 0 aliphatic rings. The van der Waals surface area contributed by atoms with Gasteiger partial charge < -0.3 is 15.2 Å². The molecule has 0 radical (unpaired) electrons. The molecule has 0 saturated heterocycles. The molecular weight excluding hydrogens is 598 g/mol. The van der Waals surface area contributed by atoms with Gasteiger partial charge in [-0.2, -0.15) is 0 Å². The highest BCUT2D eigenvalue weighted by Gasteiger charge is 2.12. The van der Waals surface area contributed by atoms with E-state index in [0.717, 1.165) is 70.6 Å². The van der Waals surface area contributed by atoms with Crippen LogP contribution in [0.4, 0.5) is 0 Å². The molecular formula is C42H75NO5. The minimum absolute atomic E-state index is 0.0916. The second kappa shape index (κ2) is 37.4. The second-order valence-corrected chi connectivity index (χ2v) is 13.5. The Kier molecular flexibility index (Phi) is 35.6. The lowest BCUT2D eigenvalue weighted by Gasteiger charge is -2.15. The Bertz CT molecular complexity index is 834. The maximum atomic E-state index is 12.5. The van der Waals surface area contributed by atoms with E-state index in [1.54, 1.807) is 0 Å². The Labute approximate surface area is 296 Å². The number of rotatable bonds is 36. The topological polar surface area (TPSA) is 92.7 Å². The highest BCUT2D eigenvalue weighted by molar-refractivity contribution is 5.80. The lowest BCUT2D eigenvalue weighted by atomic mass is 10.0. The number of hydrogen-bond donors (Lipinski definition) is 2. The number of unbranched alkanes of at least 4 members (excludes halogenated alkanes) is 21. The SMILES string of the molecule is CCCC/C=C\C(CCCCCCC(=O)NCC(=O)O)OC(=O)CCCCCCCCCCCCC/C=C\C/C=C\CCCCCCC. The number of amides is 1. The standard InChI is InChI=1S/C42H75NO5/c1-3-5-7-9-10-11-12-13-14-15-16-17-18-19-20-21-22-23-24-25-26-27-33-37-42(47)48-39(34-30-8-6-4-2)35-31-28-29-32-36-40(44)43-38-41(45)46/h12-13,15-16,30,34,39H,3-11,14,17-29,31-33,35-38H2,1-2H3,(H,43,44)(H,45,46)/b13-12-,16-15-,34-30-. The van der Waals surface area contributed by atoms with E-state index in [9.17, 15) is 14.4 Å². The number of nitrogens with one attached hydrogen (secondary N) is 1. The van der Waals surface area contributed by atoms with Crippen LogP contribution in [-0.2, 0) is 19.1 Å². The summed E-state index contributed by atoms with van der Waals surface area (Å²) in [7, 11) is 0. The molecule has 0 rings (SSSR count). The van der Waals surface area contributed by atoms with E-state index in [1.807, 2.05) is 0 Å². The molecule has 0 heterocycles. The first-order chi connectivity index (χ1) is 23.5. The summed E-state index contributed by atoms with van der Waals surface area (Å²) >= 11 is 0. The number of ether oxygens (including phenoxy) is 1. The van der Waals surface area contributed by atoms with Gasteiger partial charge in [0.25, 0.3) is 0 Å². The van der Waals surface area contributed by atoms with E-state index in [4.69, 9.17) is 9.84 Å². The van der Waals surface area contributed by atoms with Gasteiger partial charge in [-0.3, -0.25) is 14.4 Å². The average molecular weight is 674 g/mol. The molecule has 6 heteroatoms. The fourth-order valence-electron chi connectivity index (χ4n) is 5.73. The zero-order chi connectivity index (χ0) is 35.2. The summed E-state index contributed by atoms with van der Waals surface area (Å²) in [5, 5.41) is 11.0. The monoisotopic (exact) mass is 674 g/mol. The minimum atomic E-state index is -1.03. The van der Waals surface area contributed by atoms with Crippen molar-refractivity contribution in [3.8, 4) is 0 Å². The lowest BCUT2D eigenvalue weighted by Crippen LogP contribution is -2.28. The zero-order valence-corrected chi connectivity index (χ0v) is 31.3. The third kappa shape index (κ3) is 36.5. The predicted octanol–water partition coefficient (Wildman–Crippen LogP) is 12.1. The molecule has 0 bridgehead atoms. The quantitative estimate of drug-likeness (QED) is 0.0392. The van der Waals surface area contributed by atoms with E-state index in [1.165, 1.54) is 103 Å². The van der Waals surface area contributed by atoms with Crippen LogP contribution >= 0.6 is 0 Å². The van der Waals surface area contributed by atoms with Gasteiger partial charge in [0, 0.05) is 12.8 Å². The Morgan fingerprint density at radius 1 is 0.562 bits per heavy atom. The van der Waals surface area contributed by atoms with Gasteiger partial charge in [0.05, 0.1) is 0 Å². The molecule has 0 spiro atoms. The van der Waals surface area contributed by atoms with Gasteiger partial charge in [-0.25, -0.2) is 0 Å². The normalized spacial score (nSPS) is 12.4. The Hall–Kier alpha value is -2.37. The van der Waals surface area contributed by atoms with Crippen LogP contribution in [0.15, 0.2) is 36.5 Å². The average Bonchev–Trinajstić information content (AvgIpc) is 3.07.